The molecule has 10 heteroatoms. The van der Waals surface area contributed by atoms with Gasteiger partial charge in [0.05, 0.1) is 33.7 Å². The third-order valence-electron chi connectivity index (χ3n) is 6.03. The summed E-state index contributed by atoms with van der Waals surface area (Å²) in [6, 6.07) is -2.08. The summed E-state index contributed by atoms with van der Waals surface area (Å²) in [5.74, 6) is -1.55. The predicted molar refractivity (Wildman–Crippen MR) is 140 cm³/mol. The number of aliphatic carboxylic acids is 1. The SMILES string of the molecule is Cl.[2H]c1c([2H])c([2H])c(CCC(NC(C)C(=O)N2Cc3cc(OC)c(OC)cc3CC2C(=O)O)C(=O)OCC)c([2H])c1[2H]. The van der Waals surface area contributed by atoms with E-state index in [0.29, 0.717) is 22.6 Å². The van der Waals surface area contributed by atoms with Gasteiger partial charge in [-0.05, 0) is 55.5 Å². The monoisotopic (exact) mass is 539 g/mol. The number of hydrogen-bond donors (Lipinski definition) is 2. The minimum absolute atomic E-state index is 0. The van der Waals surface area contributed by atoms with Gasteiger partial charge in [-0.15, -0.1) is 12.4 Å². The number of rotatable bonds is 11. The molecule has 0 saturated carbocycles. The Morgan fingerprint density at radius 1 is 1.14 bits per heavy atom. The number of benzene rings is 2. The van der Waals surface area contributed by atoms with E-state index in [-0.39, 0.29) is 62.5 Å². The summed E-state index contributed by atoms with van der Waals surface area (Å²) in [7, 11) is 2.95. The highest BCUT2D eigenvalue weighted by molar-refractivity contribution is 5.88. The predicted octanol–water partition coefficient (Wildman–Crippen LogP) is 3.01. The van der Waals surface area contributed by atoms with Crippen LogP contribution in [-0.4, -0.2) is 66.8 Å². The van der Waals surface area contributed by atoms with Crippen molar-refractivity contribution >= 4 is 30.3 Å². The molecule has 0 radical (unpaired) electrons. The molecule has 37 heavy (non-hydrogen) atoms. The Kier molecular flexibility index (Phi) is 8.56. The molecule has 0 bridgehead atoms. The van der Waals surface area contributed by atoms with Gasteiger partial charge in [0.2, 0.25) is 5.91 Å². The van der Waals surface area contributed by atoms with E-state index in [1.165, 1.54) is 26.0 Å². The topological polar surface area (TPSA) is 114 Å². The van der Waals surface area contributed by atoms with Gasteiger partial charge in [0.1, 0.15) is 12.1 Å². The molecule has 0 aliphatic carbocycles. The number of ether oxygens (including phenoxy) is 3. The Labute approximate surface area is 230 Å². The minimum atomic E-state index is -1.19. The Morgan fingerprint density at radius 2 is 1.76 bits per heavy atom. The molecule has 3 unspecified atom stereocenters. The summed E-state index contributed by atoms with van der Waals surface area (Å²) < 4.78 is 55.7. The number of carboxylic acids is 1. The zero-order valence-electron chi connectivity index (χ0n) is 26.2. The van der Waals surface area contributed by atoms with Gasteiger partial charge in [-0.25, -0.2) is 4.79 Å². The molecule has 1 heterocycles. The Morgan fingerprint density at radius 3 is 2.32 bits per heavy atom. The maximum absolute atomic E-state index is 13.6. The fourth-order valence-corrected chi connectivity index (χ4v) is 4.19. The first-order valence-electron chi connectivity index (χ1n) is 14.1. The van der Waals surface area contributed by atoms with Crippen LogP contribution in [-0.2, 0) is 38.5 Å². The van der Waals surface area contributed by atoms with Crippen LogP contribution in [0.1, 0.15) is 43.8 Å². The van der Waals surface area contributed by atoms with Crippen LogP contribution < -0.4 is 14.8 Å². The van der Waals surface area contributed by atoms with E-state index < -0.39 is 54.1 Å². The minimum Gasteiger partial charge on any atom is -0.493 e. The molecule has 1 amide bonds. The smallest absolute Gasteiger partial charge is 0.326 e. The van der Waals surface area contributed by atoms with Crippen molar-refractivity contribution in [2.45, 2.75) is 57.8 Å². The van der Waals surface area contributed by atoms with E-state index in [1.807, 2.05) is 0 Å². The zero-order valence-corrected chi connectivity index (χ0v) is 22.0. The molecule has 2 aromatic carbocycles. The number of carbonyl (C=O) groups excluding carboxylic acids is 2. The van der Waals surface area contributed by atoms with Gasteiger partial charge in [0.25, 0.3) is 0 Å². The lowest BCUT2D eigenvalue weighted by Gasteiger charge is -2.37. The Balaban J connectivity index is 0.00000616. The number of hydrogen-bond acceptors (Lipinski definition) is 7. The molecule has 2 aromatic rings. The normalized spacial score (nSPS) is 17.9. The highest BCUT2D eigenvalue weighted by Crippen LogP contribution is 2.35. The molecule has 0 spiro atoms. The van der Waals surface area contributed by atoms with E-state index >= 15 is 0 Å². The fraction of sp³-hybridized carbons (Fsp3) is 0.444. The highest BCUT2D eigenvalue weighted by Gasteiger charge is 2.38. The summed E-state index contributed by atoms with van der Waals surface area (Å²) in [6.45, 7) is 3.17. The van der Waals surface area contributed by atoms with Gasteiger partial charge in [-0.2, -0.15) is 0 Å². The molecule has 2 N–H and O–H groups in total. The third-order valence-corrected chi connectivity index (χ3v) is 6.03. The van der Waals surface area contributed by atoms with Crippen LogP contribution in [0.15, 0.2) is 42.3 Å². The second-order valence-corrected chi connectivity index (χ2v) is 8.34. The van der Waals surface area contributed by atoms with Crippen molar-refractivity contribution in [1.29, 1.82) is 0 Å². The molecule has 1 aliphatic rings. The molecule has 3 rings (SSSR count). The second kappa shape index (κ2) is 13.9. The van der Waals surface area contributed by atoms with Crippen LogP contribution in [0.5, 0.6) is 11.5 Å². The van der Waals surface area contributed by atoms with Crippen LogP contribution in [0.4, 0.5) is 0 Å². The van der Waals surface area contributed by atoms with Crippen molar-refractivity contribution < 1.29 is 40.6 Å². The zero-order chi connectivity index (χ0) is 30.6. The Bertz CT molecular complexity index is 1320. The summed E-state index contributed by atoms with van der Waals surface area (Å²) in [4.78, 5) is 39.8. The lowest BCUT2D eigenvalue weighted by molar-refractivity contribution is -0.153. The highest BCUT2D eigenvalue weighted by atomic mass is 35.5. The quantitative estimate of drug-likeness (QED) is 0.419. The average Bonchev–Trinajstić information content (AvgIpc) is 2.96. The lowest BCUT2D eigenvalue weighted by atomic mass is 9.92. The molecular weight excluding hydrogens is 500 g/mol. The number of amides is 1. The first-order valence-corrected chi connectivity index (χ1v) is 11.6. The molecule has 202 valence electrons. The Hall–Kier alpha value is -3.30. The van der Waals surface area contributed by atoms with Gasteiger partial charge in [0.15, 0.2) is 11.5 Å². The van der Waals surface area contributed by atoms with E-state index in [4.69, 9.17) is 21.1 Å². The summed E-state index contributed by atoms with van der Waals surface area (Å²) in [5.41, 5.74) is 1.44. The molecule has 0 aromatic heterocycles. The van der Waals surface area contributed by atoms with E-state index in [1.54, 1.807) is 19.1 Å². The number of methoxy groups -OCH3 is 2. The molecule has 3 atom stereocenters. The number of esters is 1. The van der Waals surface area contributed by atoms with Crippen LogP contribution in [0.3, 0.4) is 0 Å². The van der Waals surface area contributed by atoms with Gasteiger partial charge >= 0.3 is 11.9 Å². The number of nitrogens with one attached hydrogen (secondary N) is 1. The number of fused-ring (bicyclic) bond motifs is 1. The van der Waals surface area contributed by atoms with Gasteiger partial charge < -0.3 is 24.2 Å². The van der Waals surface area contributed by atoms with Crippen molar-refractivity contribution in [3.05, 3.63) is 59.0 Å². The van der Waals surface area contributed by atoms with Crippen molar-refractivity contribution in [3.63, 3.8) is 0 Å². The van der Waals surface area contributed by atoms with Crippen molar-refractivity contribution in [2.75, 3.05) is 20.8 Å². The molecular formula is C27H35ClN2O7. The largest absolute Gasteiger partial charge is 0.493 e. The first-order chi connectivity index (χ1) is 19.4. The maximum Gasteiger partial charge on any atom is 0.326 e. The van der Waals surface area contributed by atoms with E-state index in [9.17, 15) is 19.5 Å². The van der Waals surface area contributed by atoms with Crippen molar-refractivity contribution in [1.82, 2.24) is 10.2 Å². The number of carbonyl (C=O) groups is 3. The number of nitrogens with zero attached hydrogens (tertiary/aromatic N) is 1. The van der Waals surface area contributed by atoms with Crippen molar-refractivity contribution in [3.8, 4) is 11.5 Å². The molecule has 0 saturated heterocycles. The van der Waals surface area contributed by atoms with Crippen LogP contribution in [0, 0.1) is 0 Å². The third kappa shape index (κ3) is 7.36. The van der Waals surface area contributed by atoms with E-state index in [0.717, 1.165) is 0 Å². The van der Waals surface area contributed by atoms with Gasteiger partial charge in [-0.3, -0.25) is 14.9 Å². The van der Waals surface area contributed by atoms with Crippen LogP contribution >= 0.6 is 12.4 Å². The molecule has 0 fully saturated rings. The number of carboxylic acid groups (broad SMARTS) is 1. The molecule has 1 aliphatic heterocycles. The van der Waals surface area contributed by atoms with Gasteiger partial charge in [-0.1, -0.05) is 30.2 Å². The average molecular weight is 540 g/mol. The van der Waals surface area contributed by atoms with E-state index in [2.05, 4.69) is 5.32 Å². The lowest BCUT2D eigenvalue weighted by Crippen LogP contribution is -2.56. The summed E-state index contributed by atoms with van der Waals surface area (Å²) >= 11 is 0. The molecule has 9 nitrogen and oxygen atoms in total. The maximum atomic E-state index is 13.6. The van der Waals surface area contributed by atoms with Crippen LogP contribution in [0.2, 0.25) is 0 Å². The first kappa shape index (κ1) is 22.9. The summed E-state index contributed by atoms with van der Waals surface area (Å²) in [5, 5.41) is 12.9. The standard InChI is InChI=1S/C27H34N2O7.ClH/c1-5-36-27(33)21(12-11-18-9-7-6-8-10-18)28-17(2)25(30)29-16-20-15-24(35-4)23(34-3)14-19(20)13-22(29)26(31)32;/h6-10,14-15,17,21-22,28H,5,11-13,16H2,1-4H3,(H,31,32);1H/i6D,7D,8D,9D,10D;. The van der Waals surface area contributed by atoms with Gasteiger partial charge in [0, 0.05) is 13.0 Å². The van der Waals surface area contributed by atoms with Crippen molar-refractivity contribution in [2.24, 2.45) is 0 Å². The summed E-state index contributed by atoms with van der Waals surface area (Å²) in [6.07, 6.45) is -0.0591. The number of halogens is 1. The second-order valence-electron chi connectivity index (χ2n) is 8.34. The van der Waals surface area contributed by atoms with Crippen LogP contribution in [0.25, 0.3) is 0 Å². The fourth-order valence-electron chi connectivity index (χ4n) is 4.19.